The van der Waals surface area contributed by atoms with Crippen LogP contribution in [0, 0.1) is 19.5 Å². The zero-order valence-electron chi connectivity index (χ0n) is 11.7. The molecule has 24 heavy (non-hydrogen) atoms. The number of nitrogens with one attached hydrogen (secondary N) is 1. The molecule has 0 aliphatic rings. The molecule has 0 saturated carbocycles. The number of halogens is 3. The van der Waals surface area contributed by atoms with Gasteiger partial charge in [-0.25, -0.2) is 4.39 Å². The van der Waals surface area contributed by atoms with E-state index in [4.69, 9.17) is 11.6 Å². The van der Waals surface area contributed by atoms with Crippen LogP contribution < -0.4 is 5.32 Å². The Kier molecular flexibility index (Phi) is 4.70. The van der Waals surface area contributed by atoms with E-state index < -0.39 is 16.6 Å². The topological polar surface area (TPSA) is 72.2 Å². The van der Waals surface area contributed by atoms with Crippen molar-refractivity contribution in [1.29, 1.82) is 0 Å². The standard InChI is InChI=1S/C15H7ClFIN2O3S/c16-12-8-2-1-3-11(20(22)23)13(8)24-14(12)15(21)19-10-5-4-7(18)6-9(10)17/h1-6H,(H,19,21). The number of hydrogen-bond acceptors (Lipinski definition) is 4. The molecular formula is C15H7ClFIN2O3S. The molecule has 0 saturated heterocycles. The third kappa shape index (κ3) is 3.08. The minimum Gasteiger partial charge on any atom is -0.319 e. The summed E-state index contributed by atoms with van der Waals surface area (Å²) in [5, 5.41) is 14.1. The minimum atomic E-state index is -0.615. The Hall–Kier alpha value is -1.78. The largest absolute Gasteiger partial charge is 0.319 e. The van der Waals surface area contributed by atoms with Crippen LogP contribution >= 0.6 is 45.5 Å². The maximum absolute atomic E-state index is 13.9. The number of nitro groups is 1. The quantitative estimate of drug-likeness (QED) is 0.310. The van der Waals surface area contributed by atoms with Crippen molar-refractivity contribution in [2.24, 2.45) is 0 Å². The summed E-state index contributed by atoms with van der Waals surface area (Å²) in [5.41, 5.74) is -0.109. The SMILES string of the molecule is O=C(Nc1ccc(I)cc1F)c1sc2c([N+](=O)[O-])cccc2c1Cl. The average molecular weight is 477 g/mol. The summed E-state index contributed by atoms with van der Waals surface area (Å²) in [7, 11) is 0. The molecule has 1 heterocycles. The zero-order valence-corrected chi connectivity index (χ0v) is 15.4. The molecule has 0 radical (unpaired) electrons. The first kappa shape index (κ1) is 17.1. The maximum Gasteiger partial charge on any atom is 0.287 e. The van der Waals surface area contributed by atoms with E-state index in [-0.39, 0.29) is 21.3 Å². The average Bonchev–Trinajstić information content (AvgIpc) is 2.87. The van der Waals surface area contributed by atoms with E-state index in [0.717, 1.165) is 11.3 Å². The van der Waals surface area contributed by atoms with Crippen molar-refractivity contribution in [3.63, 3.8) is 0 Å². The zero-order chi connectivity index (χ0) is 17.4. The van der Waals surface area contributed by atoms with Gasteiger partial charge in [0, 0.05) is 15.0 Å². The van der Waals surface area contributed by atoms with Gasteiger partial charge in [0.25, 0.3) is 11.6 Å². The van der Waals surface area contributed by atoms with Gasteiger partial charge < -0.3 is 5.32 Å². The lowest BCUT2D eigenvalue weighted by Gasteiger charge is -2.05. The van der Waals surface area contributed by atoms with Gasteiger partial charge in [-0.15, -0.1) is 11.3 Å². The van der Waals surface area contributed by atoms with Gasteiger partial charge in [0.15, 0.2) is 0 Å². The van der Waals surface area contributed by atoms with Crippen molar-refractivity contribution in [2.75, 3.05) is 5.32 Å². The van der Waals surface area contributed by atoms with Gasteiger partial charge in [-0.1, -0.05) is 23.7 Å². The van der Waals surface area contributed by atoms with Crippen molar-refractivity contribution in [2.45, 2.75) is 0 Å². The number of carbonyl (C=O) groups is 1. The number of hydrogen-bond donors (Lipinski definition) is 1. The van der Waals surface area contributed by atoms with Crippen LogP contribution in [-0.2, 0) is 0 Å². The van der Waals surface area contributed by atoms with Crippen LogP contribution in [0.3, 0.4) is 0 Å². The Balaban J connectivity index is 2.03. The highest BCUT2D eigenvalue weighted by Crippen LogP contribution is 2.40. The van der Waals surface area contributed by atoms with Gasteiger partial charge in [0.05, 0.1) is 15.6 Å². The summed E-state index contributed by atoms with van der Waals surface area (Å²) in [6.45, 7) is 0. The van der Waals surface area contributed by atoms with Gasteiger partial charge in [-0.3, -0.25) is 14.9 Å². The van der Waals surface area contributed by atoms with Crippen LogP contribution in [0.25, 0.3) is 10.1 Å². The van der Waals surface area contributed by atoms with E-state index in [9.17, 15) is 19.3 Å². The number of fused-ring (bicyclic) bond motifs is 1. The molecule has 1 amide bonds. The van der Waals surface area contributed by atoms with E-state index in [1.165, 1.54) is 24.3 Å². The molecule has 0 spiro atoms. The van der Waals surface area contributed by atoms with Gasteiger partial charge >= 0.3 is 0 Å². The van der Waals surface area contributed by atoms with E-state index in [1.54, 1.807) is 12.1 Å². The molecule has 0 aliphatic heterocycles. The summed E-state index contributed by atoms with van der Waals surface area (Å²) >= 11 is 9.05. The lowest BCUT2D eigenvalue weighted by molar-refractivity contribution is -0.382. The Morgan fingerprint density at radius 2 is 2.08 bits per heavy atom. The molecule has 0 bridgehead atoms. The number of non-ortho nitro benzene ring substituents is 1. The fourth-order valence-corrected chi connectivity index (χ4v) is 4.08. The summed E-state index contributed by atoms with van der Waals surface area (Å²) in [6.07, 6.45) is 0. The van der Waals surface area contributed by atoms with Crippen molar-refractivity contribution in [1.82, 2.24) is 0 Å². The van der Waals surface area contributed by atoms with Gasteiger partial charge in [0.2, 0.25) is 0 Å². The van der Waals surface area contributed by atoms with E-state index in [2.05, 4.69) is 5.32 Å². The Bertz CT molecular complexity index is 992. The summed E-state index contributed by atoms with van der Waals surface area (Å²) in [5.74, 6) is -1.19. The highest BCUT2D eigenvalue weighted by Gasteiger charge is 2.23. The number of thiophene rings is 1. The number of nitrogens with zero attached hydrogens (tertiary/aromatic N) is 1. The van der Waals surface area contributed by atoms with Crippen LogP contribution in [0.15, 0.2) is 36.4 Å². The van der Waals surface area contributed by atoms with Crippen LogP contribution in [0.1, 0.15) is 9.67 Å². The Morgan fingerprint density at radius 3 is 2.75 bits per heavy atom. The van der Waals surface area contributed by atoms with E-state index in [0.29, 0.717) is 13.7 Å². The number of carbonyl (C=O) groups excluding carboxylic acids is 1. The molecule has 5 nitrogen and oxygen atoms in total. The second kappa shape index (κ2) is 6.61. The van der Waals surface area contributed by atoms with Crippen molar-refractivity contribution < 1.29 is 14.1 Å². The fraction of sp³-hybridized carbons (Fsp3) is 0. The first-order valence-electron chi connectivity index (χ1n) is 6.50. The molecule has 3 rings (SSSR count). The van der Waals surface area contributed by atoms with Gasteiger partial charge in [0.1, 0.15) is 15.4 Å². The normalized spacial score (nSPS) is 10.8. The number of anilines is 1. The number of rotatable bonds is 3. The van der Waals surface area contributed by atoms with E-state index >= 15 is 0 Å². The predicted octanol–water partition coefficient (Wildman–Crippen LogP) is 5.46. The number of benzene rings is 2. The molecule has 3 aromatic rings. The molecular weight excluding hydrogens is 470 g/mol. The highest BCUT2D eigenvalue weighted by molar-refractivity contribution is 14.1. The summed E-state index contributed by atoms with van der Waals surface area (Å²) in [4.78, 5) is 23.1. The van der Waals surface area contributed by atoms with Crippen LogP contribution in [0.2, 0.25) is 5.02 Å². The van der Waals surface area contributed by atoms with Crippen LogP contribution in [0.4, 0.5) is 15.8 Å². The number of amides is 1. The summed E-state index contributed by atoms with van der Waals surface area (Å²) in [6, 6.07) is 8.82. The third-order valence-corrected chi connectivity index (χ3v) is 5.62. The second-order valence-electron chi connectivity index (χ2n) is 4.73. The molecule has 1 aromatic heterocycles. The fourth-order valence-electron chi connectivity index (χ4n) is 2.13. The van der Waals surface area contributed by atoms with Gasteiger partial charge in [-0.2, -0.15) is 0 Å². The predicted molar refractivity (Wildman–Crippen MR) is 101 cm³/mol. The highest BCUT2D eigenvalue weighted by atomic mass is 127. The molecule has 122 valence electrons. The maximum atomic E-state index is 13.9. The Labute approximate surface area is 157 Å². The van der Waals surface area contributed by atoms with Gasteiger partial charge in [-0.05, 0) is 40.8 Å². The molecule has 9 heteroatoms. The van der Waals surface area contributed by atoms with Crippen LogP contribution in [0.5, 0.6) is 0 Å². The smallest absolute Gasteiger partial charge is 0.287 e. The van der Waals surface area contributed by atoms with Crippen molar-refractivity contribution in [3.05, 3.63) is 65.8 Å². The van der Waals surface area contributed by atoms with Crippen molar-refractivity contribution in [3.8, 4) is 0 Å². The van der Waals surface area contributed by atoms with Crippen LogP contribution in [-0.4, -0.2) is 10.8 Å². The number of nitro benzene ring substituents is 1. The lowest BCUT2D eigenvalue weighted by atomic mass is 10.2. The first-order chi connectivity index (χ1) is 11.4. The molecule has 1 N–H and O–H groups in total. The lowest BCUT2D eigenvalue weighted by Crippen LogP contribution is -2.11. The third-order valence-electron chi connectivity index (χ3n) is 3.22. The summed E-state index contributed by atoms with van der Waals surface area (Å²) < 4.78 is 14.9. The van der Waals surface area contributed by atoms with Crippen molar-refractivity contribution >= 4 is 72.9 Å². The second-order valence-corrected chi connectivity index (χ2v) is 7.38. The molecule has 0 fully saturated rings. The first-order valence-corrected chi connectivity index (χ1v) is 8.77. The molecule has 0 unspecified atom stereocenters. The molecule has 2 aromatic carbocycles. The van der Waals surface area contributed by atoms with E-state index in [1.807, 2.05) is 22.6 Å². The monoisotopic (exact) mass is 476 g/mol. The molecule has 0 aliphatic carbocycles. The minimum absolute atomic E-state index is 0.0171. The Morgan fingerprint density at radius 1 is 1.33 bits per heavy atom. The molecule has 0 atom stereocenters.